The second-order valence-corrected chi connectivity index (χ2v) is 14.0. The molecule has 1 aliphatic heterocycles. The molecule has 0 saturated carbocycles. The van der Waals surface area contributed by atoms with Crippen LogP contribution in [0.3, 0.4) is 0 Å². The van der Waals surface area contributed by atoms with Crippen LogP contribution in [0.25, 0.3) is 27.8 Å². The van der Waals surface area contributed by atoms with Gasteiger partial charge in [0.1, 0.15) is 5.75 Å². The molecule has 0 amide bonds. The molecule has 238 valence electrons. The summed E-state index contributed by atoms with van der Waals surface area (Å²) in [4.78, 5) is 25.6. The van der Waals surface area contributed by atoms with Crippen LogP contribution >= 0.6 is 0 Å². The van der Waals surface area contributed by atoms with Crippen molar-refractivity contribution in [1.29, 1.82) is 0 Å². The van der Waals surface area contributed by atoms with Gasteiger partial charge in [-0.25, -0.2) is 22.2 Å². The van der Waals surface area contributed by atoms with Crippen molar-refractivity contribution < 1.29 is 17.2 Å². The first-order valence-electron chi connectivity index (χ1n) is 15.1. The Labute approximate surface area is 266 Å². The number of nitrogens with one attached hydrogen (secondary N) is 1. The summed E-state index contributed by atoms with van der Waals surface area (Å²) in [6.07, 6.45) is 3.86. The van der Waals surface area contributed by atoms with E-state index in [1.54, 1.807) is 42.6 Å². The predicted molar refractivity (Wildman–Crippen MR) is 177 cm³/mol. The van der Waals surface area contributed by atoms with Gasteiger partial charge in [0.2, 0.25) is 5.95 Å². The molecule has 0 radical (unpaired) electrons. The van der Waals surface area contributed by atoms with Gasteiger partial charge < -0.3 is 10.2 Å². The van der Waals surface area contributed by atoms with E-state index in [4.69, 9.17) is 4.98 Å². The van der Waals surface area contributed by atoms with Gasteiger partial charge in [0.25, 0.3) is 11.5 Å². The van der Waals surface area contributed by atoms with Crippen molar-refractivity contribution in [2.45, 2.75) is 43.4 Å². The Bertz CT molecular complexity index is 2050. The number of likely N-dealkylation sites (tertiary alicyclic amines) is 1. The summed E-state index contributed by atoms with van der Waals surface area (Å²) in [6, 6.07) is 23.2. The number of anilines is 2. The zero-order valence-corrected chi connectivity index (χ0v) is 26.7. The normalized spacial score (nSPS) is 14.9. The lowest BCUT2D eigenvalue weighted by molar-refractivity contribution is 0.0473. The second-order valence-electron chi connectivity index (χ2n) is 12.1. The summed E-state index contributed by atoms with van der Waals surface area (Å²) in [7, 11) is -2.19. The summed E-state index contributed by atoms with van der Waals surface area (Å²) in [5.41, 5.74) is 3.32. The highest BCUT2D eigenvalue weighted by Crippen LogP contribution is 2.32. The number of fused-ring (bicyclic) bond motifs is 1. The van der Waals surface area contributed by atoms with Gasteiger partial charge in [-0.1, -0.05) is 42.5 Å². The van der Waals surface area contributed by atoms with Crippen LogP contribution in [0.15, 0.2) is 94.7 Å². The fourth-order valence-corrected chi connectivity index (χ4v) is 7.82. The Balaban J connectivity index is 1.41. The molecule has 0 aliphatic carbocycles. The number of hydrogen-bond donors (Lipinski definition) is 1. The highest BCUT2D eigenvalue weighted by Gasteiger charge is 2.32. The van der Waals surface area contributed by atoms with Crippen LogP contribution in [0.2, 0.25) is 0 Å². The number of alkyl halides is 2. The first-order chi connectivity index (χ1) is 21.9. The third-order valence-electron chi connectivity index (χ3n) is 8.47. The summed E-state index contributed by atoms with van der Waals surface area (Å²) >= 11 is 0. The fraction of sp³-hybridized carbons (Fsp3) is 0.286. The predicted octanol–water partition coefficient (Wildman–Crippen LogP) is 6.74. The number of rotatable bonds is 8. The van der Waals surface area contributed by atoms with Crippen molar-refractivity contribution in [3.8, 4) is 16.8 Å². The fourth-order valence-electron chi connectivity index (χ4n) is 6.13. The summed E-state index contributed by atoms with van der Waals surface area (Å²) in [5, 5.41) is 3.79. The smallest absolute Gasteiger partial charge is 0.264 e. The van der Waals surface area contributed by atoms with E-state index in [9.17, 15) is 22.0 Å². The number of benzene rings is 3. The number of nitrogens with zero attached hydrogens (tertiary/aromatic N) is 4. The lowest BCUT2D eigenvalue weighted by Crippen LogP contribution is -2.29. The van der Waals surface area contributed by atoms with E-state index < -0.39 is 27.1 Å². The quantitative estimate of drug-likeness (QED) is 0.200. The molecular formula is C35H35F2N5O3S. The van der Waals surface area contributed by atoms with Crippen molar-refractivity contribution in [3.63, 3.8) is 0 Å². The Morgan fingerprint density at radius 3 is 2.33 bits per heavy atom. The van der Waals surface area contributed by atoms with E-state index in [0.29, 0.717) is 41.1 Å². The summed E-state index contributed by atoms with van der Waals surface area (Å²) < 4.78 is 54.9. The van der Waals surface area contributed by atoms with Crippen LogP contribution in [0.5, 0.6) is 0 Å². The molecule has 11 heteroatoms. The standard InChI is InChI=1S/C35H35F2N5O3S/c1-23-29(10-7-11-31(23)46(44,45)22-35(2,36)37)30-20-26-21-38-34(40-32(26)42(33(30)43)28-8-5-4-6-9-28)39-27-14-12-24(13-15-27)25-16-18-41(3)19-17-25/h4-15,20-21,25H,16-19,22H2,1-3H3,(H,38,39,40). The van der Waals surface area contributed by atoms with E-state index in [0.717, 1.165) is 31.6 Å². The van der Waals surface area contributed by atoms with Crippen molar-refractivity contribution in [3.05, 3.63) is 107 Å². The second kappa shape index (κ2) is 12.4. The van der Waals surface area contributed by atoms with Crippen LogP contribution < -0.4 is 10.9 Å². The first-order valence-corrected chi connectivity index (χ1v) is 16.8. The minimum Gasteiger partial charge on any atom is -0.324 e. The third-order valence-corrected chi connectivity index (χ3v) is 10.5. The molecule has 3 heterocycles. The number of sulfone groups is 1. The Kier molecular flexibility index (Phi) is 8.47. The molecule has 3 aromatic carbocycles. The third kappa shape index (κ3) is 6.56. The maximum Gasteiger partial charge on any atom is 0.264 e. The summed E-state index contributed by atoms with van der Waals surface area (Å²) in [5.74, 6) is -3.90. The van der Waals surface area contributed by atoms with Crippen molar-refractivity contribution in [2.24, 2.45) is 0 Å². The number of halogens is 2. The zero-order valence-electron chi connectivity index (χ0n) is 25.9. The highest BCUT2D eigenvalue weighted by molar-refractivity contribution is 7.91. The molecular weight excluding hydrogens is 608 g/mol. The number of piperidine rings is 1. The molecule has 8 nitrogen and oxygen atoms in total. The molecule has 1 aliphatic rings. The topological polar surface area (TPSA) is 97.2 Å². The maximum absolute atomic E-state index is 14.2. The van der Waals surface area contributed by atoms with Gasteiger partial charge in [0.15, 0.2) is 15.5 Å². The SMILES string of the molecule is Cc1c(-c2cc3cnc(Nc4ccc(C5CCN(C)CC5)cc4)nc3n(-c3ccccc3)c2=O)cccc1S(=O)(=O)CC(C)(F)F. The molecule has 2 aromatic heterocycles. The van der Waals surface area contributed by atoms with Crippen LogP contribution in [0, 0.1) is 6.92 Å². The number of pyridine rings is 1. The van der Waals surface area contributed by atoms with Crippen LogP contribution in [0.4, 0.5) is 20.4 Å². The van der Waals surface area contributed by atoms with E-state index in [-0.39, 0.29) is 16.0 Å². The largest absolute Gasteiger partial charge is 0.324 e. The lowest BCUT2D eigenvalue weighted by Gasteiger charge is -2.29. The van der Waals surface area contributed by atoms with Crippen LogP contribution in [0.1, 0.15) is 36.8 Å². The maximum atomic E-state index is 14.2. The van der Waals surface area contributed by atoms with Gasteiger partial charge in [-0.2, -0.15) is 4.98 Å². The Morgan fingerprint density at radius 1 is 0.957 bits per heavy atom. The lowest BCUT2D eigenvalue weighted by atomic mass is 9.89. The minimum atomic E-state index is -4.34. The summed E-state index contributed by atoms with van der Waals surface area (Å²) in [6.45, 7) is 4.26. The molecule has 1 N–H and O–H groups in total. The van der Waals surface area contributed by atoms with Gasteiger partial charge in [0, 0.05) is 29.8 Å². The number of para-hydroxylation sites is 1. The Morgan fingerprint density at radius 2 is 1.65 bits per heavy atom. The Hall–Kier alpha value is -4.48. The van der Waals surface area contributed by atoms with Gasteiger partial charge in [-0.15, -0.1) is 0 Å². The van der Waals surface area contributed by atoms with Gasteiger partial charge in [-0.3, -0.25) is 9.36 Å². The van der Waals surface area contributed by atoms with Gasteiger partial charge >= 0.3 is 0 Å². The first kappa shape index (κ1) is 31.5. The molecule has 0 unspecified atom stereocenters. The number of hydrogen-bond acceptors (Lipinski definition) is 7. The van der Waals surface area contributed by atoms with Crippen LogP contribution in [-0.4, -0.2) is 59.7 Å². The highest BCUT2D eigenvalue weighted by atomic mass is 32.2. The van der Waals surface area contributed by atoms with Crippen molar-refractivity contribution >= 4 is 32.5 Å². The van der Waals surface area contributed by atoms with Gasteiger partial charge in [0.05, 0.1) is 10.6 Å². The molecule has 1 fully saturated rings. The van der Waals surface area contributed by atoms with Gasteiger partial charge in [-0.05, 0) is 98.9 Å². The average molecular weight is 644 g/mol. The molecule has 0 atom stereocenters. The van der Waals surface area contributed by atoms with E-state index in [2.05, 4.69) is 34.4 Å². The molecule has 0 spiro atoms. The molecule has 1 saturated heterocycles. The zero-order chi connectivity index (χ0) is 32.6. The minimum absolute atomic E-state index is 0.197. The van der Waals surface area contributed by atoms with Crippen LogP contribution in [-0.2, 0) is 9.84 Å². The van der Waals surface area contributed by atoms with Crippen molar-refractivity contribution in [2.75, 3.05) is 31.2 Å². The number of aromatic nitrogens is 3. The van der Waals surface area contributed by atoms with E-state index in [1.165, 1.54) is 29.2 Å². The van der Waals surface area contributed by atoms with E-state index >= 15 is 0 Å². The molecule has 0 bridgehead atoms. The van der Waals surface area contributed by atoms with E-state index in [1.807, 2.05) is 18.2 Å². The average Bonchev–Trinajstić information content (AvgIpc) is 3.01. The van der Waals surface area contributed by atoms with Crippen molar-refractivity contribution in [1.82, 2.24) is 19.4 Å². The molecule has 46 heavy (non-hydrogen) atoms. The monoisotopic (exact) mass is 643 g/mol. The molecule has 5 aromatic rings. The molecule has 6 rings (SSSR count).